The SMILES string of the molecule is CCC(CC(=NO[Si](C)(C)C)c1ccccc1)=NO[Si](C)(C)C. The predicted octanol–water partition coefficient (Wildman–Crippen LogP) is 5.25. The van der Waals surface area contributed by atoms with E-state index in [0.717, 1.165) is 23.4 Å². The van der Waals surface area contributed by atoms with Gasteiger partial charge in [-0.25, -0.2) is 0 Å². The van der Waals surface area contributed by atoms with E-state index in [0.29, 0.717) is 6.42 Å². The Balaban J connectivity index is 3.00. The molecule has 0 heterocycles. The lowest BCUT2D eigenvalue weighted by Crippen LogP contribution is -2.25. The molecule has 1 aromatic carbocycles. The topological polar surface area (TPSA) is 43.2 Å². The third-order valence-electron chi connectivity index (χ3n) is 2.76. The second-order valence-corrected chi connectivity index (χ2v) is 16.3. The smallest absolute Gasteiger partial charge is 0.278 e. The minimum Gasteiger partial charge on any atom is -0.456 e. The zero-order valence-corrected chi connectivity index (χ0v) is 17.5. The van der Waals surface area contributed by atoms with Crippen LogP contribution in [-0.4, -0.2) is 28.1 Å². The summed E-state index contributed by atoms with van der Waals surface area (Å²) in [6, 6.07) is 10.1. The van der Waals surface area contributed by atoms with Crippen LogP contribution in [0.3, 0.4) is 0 Å². The zero-order chi connectivity index (χ0) is 17.5. The van der Waals surface area contributed by atoms with Crippen LogP contribution in [0, 0.1) is 0 Å². The Morgan fingerprint density at radius 1 is 0.870 bits per heavy atom. The Kier molecular flexibility index (Phi) is 7.21. The molecule has 0 spiro atoms. The molecule has 6 heteroatoms. The Labute approximate surface area is 142 Å². The molecule has 0 aliphatic carbocycles. The van der Waals surface area contributed by atoms with Crippen molar-refractivity contribution in [3.05, 3.63) is 35.9 Å². The molecule has 0 aliphatic rings. The van der Waals surface area contributed by atoms with E-state index in [1.165, 1.54) is 0 Å². The van der Waals surface area contributed by atoms with Crippen molar-refractivity contribution in [2.24, 2.45) is 10.3 Å². The number of hydrogen-bond acceptors (Lipinski definition) is 4. The van der Waals surface area contributed by atoms with Gasteiger partial charge in [0.15, 0.2) is 0 Å². The monoisotopic (exact) mass is 350 g/mol. The summed E-state index contributed by atoms with van der Waals surface area (Å²) in [5.74, 6) is 0. The van der Waals surface area contributed by atoms with Gasteiger partial charge in [-0.15, -0.1) is 10.3 Å². The molecule has 0 atom stereocenters. The number of benzene rings is 1. The lowest BCUT2D eigenvalue weighted by molar-refractivity contribution is 0.331. The van der Waals surface area contributed by atoms with Gasteiger partial charge in [-0.1, -0.05) is 37.3 Å². The zero-order valence-electron chi connectivity index (χ0n) is 15.5. The first-order valence-corrected chi connectivity index (χ1v) is 15.0. The Morgan fingerprint density at radius 3 is 1.87 bits per heavy atom. The minimum absolute atomic E-state index is 0.648. The van der Waals surface area contributed by atoms with Crippen LogP contribution in [0.2, 0.25) is 39.3 Å². The third-order valence-corrected chi connectivity index (χ3v) is 4.04. The molecule has 0 unspecified atom stereocenters. The van der Waals surface area contributed by atoms with E-state index in [1.807, 2.05) is 18.2 Å². The standard InChI is InChI=1S/C17H30N2O2Si2/c1-8-16(18-20-22(2,3)4)14-17(19-21-23(5,6)7)15-12-10-9-11-13-15/h9-13H,8,14H2,1-7H3. The largest absolute Gasteiger partial charge is 0.456 e. The van der Waals surface area contributed by atoms with Crippen LogP contribution in [-0.2, 0) is 9.05 Å². The van der Waals surface area contributed by atoms with Gasteiger partial charge < -0.3 is 9.05 Å². The molecule has 0 amide bonds. The molecule has 1 aromatic rings. The Hall–Kier alpha value is -1.41. The van der Waals surface area contributed by atoms with Gasteiger partial charge in [0.2, 0.25) is 0 Å². The molecule has 4 nitrogen and oxygen atoms in total. The lowest BCUT2D eigenvalue weighted by atomic mass is 10.0. The summed E-state index contributed by atoms with van der Waals surface area (Å²) in [6.45, 7) is 14.9. The van der Waals surface area contributed by atoms with Crippen molar-refractivity contribution < 1.29 is 9.05 Å². The van der Waals surface area contributed by atoms with Crippen LogP contribution in [0.1, 0.15) is 25.3 Å². The Bertz CT molecular complexity index is 544. The van der Waals surface area contributed by atoms with Gasteiger partial charge in [0.25, 0.3) is 16.6 Å². The maximum atomic E-state index is 5.78. The average Bonchev–Trinajstić information content (AvgIpc) is 2.45. The highest BCUT2D eigenvalue weighted by molar-refractivity contribution is 6.70. The summed E-state index contributed by atoms with van der Waals surface area (Å²) in [5, 5.41) is 8.83. The fourth-order valence-corrected chi connectivity index (χ4v) is 2.41. The fourth-order valence-electron chi connectivity index (χ4n) is 1.63. The summed E-state index contributed by atoms with van der Waals surface area (Å²) in [7, 11) is -3.38. The van der Waals surface area contributed by atoms with Gasteiger partial charge in [-0.2, -0.15) is 0 Å². The van der Waals surface area contributed by atoms with Crippen molar-refractivity contribution in [3.63, 3.8) is 0 Å². The summed E-state index contributed by atoms with van der Waals surface area (Å²) in [6.07, 6.45) is 1.48. The van der Waals surface area contributed by atoms with E-state index in [-0.39, 0.29) is 0 Å². The van der Waals surface area contributed by atoms with Gasteiger partial charge >= 0.3 is 0 Å². The summed E-state index contributed by atoms with van der Waals surface area (Å²) < 4.78 is 11.5. The third kappa shape index (κ3) is 8.71. The van der Waals surface area contributed by atoms with E-state index >= 15 is 0 Å². The normalized spacial score (nSPS) is 13.9. The lowest BCUT2D eigenvalue weighted by Gasteiger charge is -2.17. The quantitative estimate of drug-likeness (QED) is 0.365. The van der Waals surface area contributed by atoms with E-state index in [2.05, 4.69) is 68.6 Å². The highest BCUT2D eigenvalue weighted by atomic mass is 28.4. The first-order chi connectivity index (χ1) is 10.6. The molecule has 128 valence electrons. The minimum atomic E-state index is -1.71. The average molecular weight is 351 g/mol. The molecule has 0 N–H and O–H groups in total. The van der Waals surface area contributed by atoms with Gasteiger partial charge in [0.05, 0.1) is 11.4 Å². The highest BCUT2D eigenvalue weighted by Gasteiger charge is 2.19. The van der Waals surface area contributed by atoms with Crippen molar-refractivity contribution >= 4 is 28.1 Å². The van der Waals surface area contributed by atoms with Crippen LogP contribution in [0.15, 0.2) is 40.6 Å². The number of rotatable bonds is 8. The fraction of sp³-hybridized carbons (Fsp3) is 0.529. The second kappa shape index (κ2) is 8.45. The molecule has 0 aromatic heterocycles. The van der Waals surface area contributed by atoms with Crippen LogP contribution in [0.25, 0.3) is 0 Å². The van der Waals surface area contributed by atoms with Crippen molar-refractivity contribution in [1.82, 2.24) is 0 Å². The number of hydrogen-bond donors (Lipinski definition) is 0. The van der Waals surface area contributed by atoms with Gasteiger partial charge in [-0.3, -0.25) is 0 Å². The molecular formula is C17H30N2O2Si2. The number of nitrogens with zero attached hydrogens (tertiary/aromatic N) is 2. The summed E-state index contributed by atoms with van der Waals surface area (Å²) >= 11 is 0. The highest BCUT2D eigenvalue weighted by Crippen LogP contribution is 2.12. The van der Waals surface area contributed by atoms with Crippen molar-refractivity contribution in [1.29, 1.82) is 0 Å². The second-order valence-electron chi connectivity index (χ2n) is 7.50. The molecule has 0 saturated carbocycles. The van der Waals surface area contributed by atoms with Crippen LogP contribution < -0.4 is 0 Å². The van der Waals surface area contributed by atoms with E-state index in [1.54, 1.807) is 0 Å². The molecule has 0 bridgehead atoms. The number of oxime groups is 2. The van der Waals surface area contributed by atoms with Gasteiger partial charge in [-0.05, 0) is 51.3 Å². The van der Waals surface area contributed by atoms with E-state index < -0.39 is 16.6 Å². The molecule has 0 radical (unpaired) electrons. The van der Waals surface area contributed by atoms with Crippen LogP contribution in [0.5, 0.6) is 0 Å². The van der Waals surface area contributed by atoms with E-state index in [9.17, 15) is 0 Å². The molecule has 0 saturated heterocycles. The summed E-state index contributed by atoms with van der Waals surface area (Å²) in [5.41, 5.74) is 2.97. The molecular weight excluding hydrogens is 320 g/mol. The molecule has 1 rings (SSSR count). The van der Waals surface area contributed by atoms with Gasteiger partial charge in [0, 0.05) is 6.42 Å². The first kappa shape index (κ1) is 19.6. The molecule has 23 heavy (non-hydrogen) atoms. The predicted molar refractivity (Wildman–Crippen MR) is 104 cm³/mol. The maximum absolute atomic E-state index is 5.78. The van der Waals surface area contributed by atoms with Crippen molar-refractivity contribution in [2.75, 3.05) is 0 Å². The molecule has 0 aliphatic heterocycles. The van der Waals surface area contributed by atoms with Crippen molar-refractivity contribution in [2.45, 2.75) is 59.0 Å². The Morgan fingerprint density at radius 2 is 1.39 bits per heavy atom. The molecule has 0 fully saturated rings. The first-order valence-electron chi connectivity index (χ1n) is 8.15. The van der Waals surface area contributed by atoms with Crippen LogP contribution >= 0.6 is 0 Å². The van der Waals surface area contributed by atoms with Crippen molar-refractivity contribution in [3.8, 4) is 0 Å². The summed E-state index contributed by atoms with van der Waals surface area (Å²) in [4.78, 5) is 0. The van der Waals surface area contributed by atoms with Gasteiger partial charge in [0.1, 0.15) is 0 Å². The van der Waals surface area contributed by atoms with E-state index in [4.69, 9.17) is 9.05 Å². The maximum Gasteiger partial charge on any atom is 0.278 e. The van der Waals surface area contributed by atoms with Crippen LogP contribution in [0.4, 0.5) is 0 Å².